The van der Waals surface area contributed by atoms with Crippen LogP contribution in [0.4, 0.5) is 8.78 Å². The molecule has 0 aliphatic carbocycles. The van der Waals surface area contributed by atoms with Crippen LogP contribution in [0.1, 0.15) is 12.6 Å². The first-order chi connectivity index (χ1) is 6.50. The second-order valence-corrected chi connectivity index (χ2v) is 3.89. The van der Waals surface area contributed by atoms with E-state index in [-0.39, 0.29) is 5.69 Å². The molecule has 14 heavy (non-hydrogen) atoms. The van der Waals surface area contributed by atoms with Gasteiger partial charge in [-0.2, -0.15) is 8.78 Å². The quantitative estimate of drug-likeness (QED) is 0.783. The van der Waals surface area contributed by atoms with E-state index in [0.717, 1.165) is 6.92 Å². The lowest BCUT2D eigenvalue weighted by Crippen LogP contribution is -2.07. The summed E-state index contributed by atoms with van der Waals surface area (Å²) in [6, 6.07) is 4.98. The van der Waals surface area contributed by atoms with Gasteiger partial charge in [0.05, 0.1) is 5.39 Å². The molecule has 0 fully saturated rings. The highest BCUT2D eigenvalue weighted by Crippen LogP contribution is 2.35. The predicted octanol–water partition coefficient (Wildman–Crippen LogP) is 3.70. The normalized spacial score (nSPS) is 12.3. The monoisotopic (exact) mass is 261 g/mol. The van der Waals surface area contributed by atoms with Gasteiger partial charge in [0.2, 0.25) is 0 Å². The first kappa shape index (κ1) is 9.58. The minimum Gasteiger partial charge on any atom is -0.356 e. The minimum atomic E-state index is -2.99. The van der Waals surface area contributed by atoms with Crippen LogP contribution in [0.15, 0.2) is 27.2 Å². The molecule has 5 heteroatoms. The van der Waals surface area contributed by atoms with Crippen molar-refractivity contribution in [1.82, 2.24) is 5.16 Å². The second kappa shape index (κ2) is 3.02. The molecule has 74 valence electrons. The molecule has 2 aromatic rings. The van der Waals surface area contributed by atoms with Crippen LogP contribution in [0.3, 0.4) is 0 Å². The maximum Gasteiger partial charge on any atom is 0.291 e. The Balaban J connectivity index is 2.80. The molecule has 1 aromatic carbocycles. The smallest absolute Gasteiger partial charge is 0.291 e. The number of nitrogens with zero attached hydrogens (tertiary/aromatic N) is 1. The number of halogens is 3. The highest BCUT2D eigenvalue weighted by atomic mass is 79.9. The molecule has 0 atom stereocenters. The molecule has 0 bridgehead atoms. The van der Waals surface area contributed by atoms with Crippen molar-refractivity contribution >= 4 is 26.9 Å². The fraction of sp³-hybridized carbons (Fsp3) is 0.222. The van der Waals surface area contributed by atoms with Crippen LogP contribution in [-0.4, -0.2) is 5.16 Å². The lowest BCUT2D eigenvalue weighted by atomic mass is 10.1. The van der Waals surface area contributed by atoms with Crippen molar-refractivity contribution in [3.63, 3.8) is 0 Å². The van der Waals surface area contributed by atoms with Crippen LogP contribution in [0.5, 0.6) is 0 Å². The Hall–Kier alpha value is -0.970. The van der Waals surface area contributed by atoms with Crippen molar-refractivity contribution in [3.05, 3.63) is 28.4 Å². The largest absolute Gasteiger partial charge is 0.356 e. The zero-order valence-electron chi connectivity index (χ0n) is 7.22. The van der Waals surface area contributed by atoms with Gasteiger partial charge in [-0.1, -0.05) is 11.2 Å². The Morgan fingerprint density at radius 2 is 2.14 bits per heavy atom. The van der Waals surface area contributed by atoms with Gasteiger partial charge in [-0.25, -0.2) is 0 Å². The maximum absolute atomic E-state index is 13.1. The van der Waals surface area contributed by atoms with E-state index in [2.05, 4.69) is 21.1 Å². The number of hydrogen-bond donors (Lipinski definition) is 0. The lowest BCUT2D eigenvalue weighted by Gasteiger charge is -2.05. The standard InChI is InChI=1S/C9H6BrF2NO/c1-9(11,12)8-7-5(10)3-2-4-6(7)14-13-8/h2-4H,1H3. The fourth-order valence-electron chi connectivity index (χ4n) is 1.25. The summed E-state index contributed by atoms with van der Waals surface area (Å²) in [5, 5.41) is 3.71. The number of alkyl halides is 2. The van der Waals surface area contributed by atoms with Crippen LogP contribution < -0.4 is 0 Å². The molecule has 0 N–H and O–H groups in total. The van der Waals surface area contributed by atoms with Crippen molar-refractivity contribution in [2.45, 2.75) is 12.8 Å². The molecule has 0 unspecified atom stereocenters. The zero-order valence-corrected chi connectivity index (χ0v) is 8.81. The lowest BCUT2D eigenvalue weighted by molar-refractivity contribution is 0.0112. The molecule has 2 nitrogen and oxygen atoms in total. The van der Waals surface area contributed by atoms with Crippen molar-refractivity contribution in [1.29, 1.82) is 0 Å². The third-order valence-corrected chi connectivity index (χ3v) is 2.52. The van der Waals surface area contributed by atoms with E-state index in [1.807, 2.05) is 0 Å². The average Bonchev–Trinajstić information content (AvgIpc) is 2.47. The second-order valence-electron chi connectivity index (χ2n) is 3.03. The Bertz CT molecular complexity index is 475. The fourth-order valence-corrected chi connectivity index (χ4v) is 1.79. The van der Waals surface area contributed by atoms with Crippen LogP contribution in [0.2, 0.25) is 0 Å². The topological polar surface area (TPSA) is 26.0 Å². The first-order valence-electron chi connectivity index (χ1n) is 3.92. The predicted molar refractivity (Wildman–Crippen MR) is 51.3 cm³/mol. The minimum absolute atomic E-state index is 0.333. The van der Waals surface area contributed by atoms with Crippen molar-refractivity contribution < 1.29 is 13.3 Å². The molecule has 0 saturated heterocycles. The summed E-state index contributed by atoms with van der Waals surface area (Å²) < 4.78 is 31.5. The first-order valence-corrected chi connectivity index (χ1v) is 4.71. The van der Waals surface area contributed by atoms with Gasteiger partial charge in [-0.15, -0.1) is 0 Å². The summed E-state index contributed by atoms with van der Waals surface area (Å²) >= 11 is 3.19. The third kappa shape index (κ3) is 1.41. The number of rotatable bonds is 1. The molecular formula is C9H6BrF2NO. The van der Waals surface area contributed by atoms with Crippen LogP contribution in [-0.2, 0) is 5.92 Å². The van der Waals surface area contributed by atoms with Crippen molar-refractivity contribution in [2.75, 3.05) is 0 Å². The van der Waals surface area contributed by atoms with E-state index in [1.54, 1.807) is 18.2 Å². The van der Waals surface area contributed by atoms with Gasteiger partial charge >= 0.3 is 0 Å². The average molecular weight is 262 g/mol. The van der Waals surface area contributed by atoms with E-state index < -0.39 is 5.92 Å². The number of benzene rings is 1. The molecule has 0 spiro atoms. The molecule has 1 heterocycles. The van der Waals surface area contributed by atoms with E-state index in [9.17, 15) is 8.78 Å². The highest BCUT2D eigenvalue weighted by molar-refractivity contribution is 9.10. The van der Waals surface area contributed by atoms with Gasteiger partial charge in [-0.3, -0.25) is 0 Å². The van der Waals surface area contributed by atoms with Crippen LogP contribution in [0.25, 0.3) is 11.0 Å². The summed E-state index contributed by atoms with van der Waals surface area (Å²) in [7, 11) is 0. The maximum atomic E-state index is 13.1. The number of hydrogen-bond acceptors (Lipinski definition) is 2. The van der Waals surface area contributed by atoms with E-state index >= 15 is 0 Å². The number of aromatic nitrogens is 1. The summed E-state index contributed by atoms with van der Waals surface area (Å²) in [6.07, 6.45) is 0. The Kier molecular flexibility index (Phi) is 2.06. The van der Waals surface area contributed by atoms with Crippen molar-refractivity contribution in [3.8, 4) is 0 Å². The van der Waals surface area contributed by atoms with E-state index in [1.165, 1.54) is 0 Å². The summed E-state index contributed by atoms with van der Waals surface area (Å²) in [6.45, 7) is 0.795. The summed E-state index contributed by atoms with van der Waals surface area (Å²) in [5.41, 5.74) is 0.0240. The Morgan fingerprint density at radius 1 is 1.43 bits per heavy atom. The van der Waals surface area contributed by atoms with Gasteiger partial charge in [0.15, 0.2) is 11.3 Å². The number of fused-ring (bicyclic) bond motifs is 1. The van der Waals surface area contributed by atoms with E-state index in [4.69, 9.17) is 4.52 Å². The molecule has 2 rings (SSSR count). The third-order valence-electron chi connectivity index (χ3n) is 1.86. The van der Waals surface area contributed by atoms with Crippen LogP contribution >= 0.6 is 15.9 Å². The molecule has 0 aliphatic rings. The molecule has 1 aromatic heterocycles. The summed E-state index contributed by atoms with van der Waals surface area (Å²) in [5.74, 6) is -2.99. The SMILES string of the molecule is CC(F)(F)c1noc2cccc(Br)c12. The molecule has 0 amide bonds. The van der Waals surface area contributed by atoms with Gasteiger partial charge in [0.1, 0.15) is 0 Å². The van der Waals surface area contributed by atoms with E-state index in [0.29, 0.717) is 15.4 Å². The molecule has 0 aliphatic heterocycles. The summed E-state index contributed by atoms with van der Waals surface area (Å²) in [4.78, 5) is 0. The van der Waals surface area contributed by atoms with Gasteiger partial charge < -0.3 is 4.52 Å². The Morgan fingerprint density at radius 3 is 2.79 bits per heavy atom. The molecule has 0 radical (unpaired) electrons. The molecule has 0 saturated carbocycles. The Labute approximate surface area is 87.0 Å². The highest BCUT2D eigenvalue weighted by Gasteiger charge is 2.32. The van der Waals surface area contributed by atoms with Gasteiger partial charge in [0, 0.05) is 11.4 Å². The van der Waals surface area contributed by atoms with Gasteiger partial charge in [-0.05, 0) is 28.1 Å². The van der Waals surface area contributed by atoms with Gasteiger partial charge in [0.25, 0.3) is 5.92 Å². The zero-order chi connectivity index (χ0) is 10.3. The van der Waals surface area contributed by atoms with Crippen molar-refractivity contribution in [2.24, 2.45) is 0 Å². The van der Waals surface area contributed by atoms with Crippen LogP contribution in [0, 0.1) is 0 Å². The molecular weight excluding hydrogens is 256 g/mol.